The summed E-state index contributed by atoms with van der Waals surface area (Å²) in [5.41, 5.74) is 2.48. The molecule has 1 amide bonds. The Hall–Kier alpha value is -2.69. The zero-order valence-electron chi connectivity index (χ0n) is 17.7. The molecule has 1 aromatic carbocycles. The van der Waals surface area contributed by atoms with Crippen molar-refractivity contribution in [1.29, 1.82) is 5.26 Å². The monoisotopic (exact) mass is 407 g/mol. The first kappa shape index (κ1) is 20.6. The third-order valence-electron chi connectivity index (χ3n) is 5.99. The zero-order valence-corrected chi connectivity index (χ0v) is 17.7. The number of piperidine rings is 1. The van der Waals surface area contributed by atoms with Crippen LogP contribution >= 0.6 is 0 Å². The molecule has 30 heavy (non-hydrogen) atoms. The Morgan fingerprint density at radius 1 is 1.30 bits per heavy atom. The average molecular weight is 408 g/mol. The number of carbonyl (C=O) groups excluding carboxylic acids is 1. The first-order chi connectivity index (χ1) is 14.5. The van der Waals surface area contributed by atoms with Crippen molar-refractivity contribution in [2.45, 2.75) is 44.9 Å². The van der Waals surface area contributed by atoms with Crippen LogP contribution in [0.1, 0.15) is 32.3 Å². The molecule has 7 heteroatoms. The fourth-order valence-electron chi connectivity index (χ4n) is 4.70. The number of nitrogens with zero attached hydrogens (tertiary/aromatic N) is 4. The van der Waals surface area contributed by atoms with Crippen molar-refractivity contribution in [1.82, 2.24) is 15.2 Å². The Morgan fingerprint density at radius 2 is 2.10 bits per heavy atom. The molecule has 0 saturated carbocycles. The van der Waals surface area contributed by atoms with Crippen molar-refractivity contribution in [3.63, 3.8) is 0 Å². The number of rotatable bonds is 4. The summed E-state index contributed by atoms with van der Waals surface area (Å²) < 4.78 is 6.27. The van der Waals surface area contributed by atoms with E-state index in [4.69, 9.17) is 4.74 Å². The van der Waals surface area contributed by atoms with Crippen LogP contribution in [0.5, 0.6) is 0 Å². The minimum Gasteiger partial charge on any atom is -0.370 e. The Labute approximate surface area is 177 Å². The van der Waals surface area contributed by atoms with E-state index in [-0.39, 0.29) is 18.1 Å². The van der Waals surface area contributed by atoms with Crippen LogP contribution in [0, 0.1) is 11.3 Å². The van der Waals surface area contributed by atoms with Crippen molar-refractivity contribution in [2.75, 3.05) is 37.6 Å². The van der Waals surface area contributed by atoms with Gasteiger partial charge in [-0.25, -0.2) is 0 Å². The summed E-state index contributed by atoms with van der Waals surface area (Å²) in [4.78, 5) is 20.5. The smallest absolute Gasteiger partial charge is 0.217 e. The van der Waals surface area contributed by atoms with E-state index in [2.05, 4.69) is 33.1 Å². The van der Waals surface area contributed by atoms with Gasteiger partial charge >= 0.3 is 0 Å². The fourth-order valence-corrected chi connectivity index (χ4v) is 4.70. The van der Waals surface area contributed by atoms with Gasteiger partial charge in [0.1, 0.15) is 6.07 Å². The third-order valence-corrected chi connectivity index (χ3v) is 5.99. The maximum absolute atomic E-state index is 11.3. The normalized spacial score (nSPS) is 23.3. The predicted molar refractivity (Wildman–Crippen MR) is 116 cm³/mol. The third kappa shape index (κ3) is 4.55. The van der Waals surface area contributed by atoms with E-state index in [1.54, 1.807) is 13.1 Å². The molecule has 0 aliphatic carbocycles. The van der Waals surface area contributed by atoms with Gasteiger partial charge in [0.25, 0.3) is 0 Å². The number of carbonyl (C=O) groups is 1. The van der Waals surface area contributed by atoms with Gasteiger partial charge < -0.3 is 19.9 Å². The van der Waals surface area contributed by atoms with E-state index in [1.165, 1.54) is 0 Å². The van der Waals surface area contributed by atoms with Crippen molar-refractivity contribution < 1.29 is 9.53 Å². The molecule has 3 heterocycles. The quantitative estimate of drug-likeness (QED) is 0.838. The summed E-state index contributed by atoms with van der Waals surface area (Å²) in [5.74, 6) is 0.0534. The van der Waals surface area contributed by atoms with Gasteiger partial charge in [0.15, 0.2) is 0 Å². The Kier molecular flexibility index (Phi) is 6.16. The number of anilines is 1. The first-order valence-corrected chi connectivity index (χ1v) is 10.7. The summed E-state index contributed by atoms with van der Waals surface area (Å²) in [6.07, 6.45) is 3.95. The molecule has 7 nitrogen and oxygen atoms in total. The first-order valence-electron chi connectivity index (χ1n) is 10.7. The number of hydrogen-bond donors (Lipinski definition) is 1. The topological polar surface area (TPSA) is 81.5 Å². The second kappa shape index (κ2) is 8.99. The van der Waals surface area contributed by atoms with E-state index in [0.29, 0.717) is 11.6 Å². The molecule has 0 spiro atoms. The Morgan fingerprint density at radius 3 is 2.83 bits per heavy atom. The molecular weight excluding hydrogens is 378 g/mol. The van der Waals surface area contributed by atoms with Crippen LogP contribution in [0.2, 0.25) is 0 Å². The number of amides is 1. The SMILES string of the molecule is CC(=O)NC1CCN(C[C@H]2CN(c3ccc(C#N)c4ncccc34)C[C@@H](C)O2)CC1. The molecule has 158 valence electrons. The number of aromatic nitrogens is 1. The number of nitriles is 1. The van der Waals surface area contributed by atoms with Gasteiger partial charge in [-0.3, -0.25) is 9.78 Å². The molecule has 1 aromatic heterocycles. The number of hydrogen-bond acceptors (Lipinski definition) is 6. The minimum absolute atomic E-state index is 0.0534. The summed E-state index contributed by atoms with van der Waals surface area (Å²) in [6.45, 7) is 8.17. The Bertz CT molecular complexity index is 948. The van der Waals surface area contributed by atoms with Crippen molar-refractivity contribution in [3.05, 3.63) is 36.0 Å². The summed E-state index contributed by atoms with van der Waals surface area (Å²) in [6, 6.07) is 10.4. The van der Waals surface area contributed by atoms with E-state index in [0.717, 1.165) is 62.2 Å². The van der Waals surface area contributed by atoms with Crippen LogP contribution in [-0.2, 0) is 9.53 Å². The lowest BCUT2D eigenvalue weighted by atomic mass is 10.0. The standard InChI is InChI=1S/C23H29N5O2/c1-16-13-28(22-6-5-18(12-24)23-21(22)4-3-9-25-23)15-20(30-16)14-27-10-7-19(8-11-27)26-17(2)29/h3-6,9,16,19-20H,7-8,10-11,13-15H2,1-2H3,(H,26,29)/t16-,20+/m1/s1. The Balaban J connectivity index is 1.45. The molecule has 0 bridgehead atoms. The lowest BCUT2D eigenvalue weighted by Crippen LogP contribution is -2.53. The molecule has 2 aliphatic heterocycles. The number of pyridine rings is 1. The summed E-state index contributed by atoms with van der Waals surface area (Å²) in [5, 5.41) is 13.5. The molecule has 0 radical (unpaired) electrons. The van der Waals surface area contributed by atoms with Crippen molar-refractivity contribution >= 4 is 22.5 Å². The molecule has 2 aromatic rings. The molecule has 1 N–H and O–H groups in total. The number of morpholine rings is 1. The van der Waals surface area contributed by atoms with Crippen molar-refractivity contribution in [2.24, 2.45) is 0 Å². The van der Waals surface area contributed by atoms with Crippen LogP contribution in [0.15, 0.2) is 30.5 Å². The van der Waals surface area contributed by atoms with Gasteiger partial charge in [-0.2, -0.15) is 5.26 Å². The fraction of sp³-hybridized carbons (Fsp3) is 0.522. The van der Waals surface area contributed by atoms with Crippen LogP contribution in [0.4, 0.5) is 5.69 Å². The number of ether oxygens (including phenoxy) is 1. The lowest BCUT2D eigenvalue weighted by molar-refractivity contribution is -0.120. The predicted octanol–water partition coefficient (Wildman–Crippen LogP) is 2.30. The molecule has 2 aliphatic rings. The molecule has 2 atom stereocenters. The van der Waals surface area contributed by atoms with E-state index < -0.39 is 0 Å². The highest BCUT2D eigenvalue weighted by Gasteiger charge is 2.29. The van der Waals surface area contributed by atoms with Crippen LogP contribution in [0.25, 0.3) is 10.9 Å². The van der Waals surface area contributed by atoms with Gasteiger partial charge in [0.2, 0.25) is 5.91 Å². The molecular formula is C23H29N5O2. The van der Waals surface area contributed by atoms with E-state index in [9.17, 15) is 10.1 Å². The summed E-state index contributed by atoms with van der Waals surface area (Å²) >= 11 is 0. The summed E-state index contributed by atoms with van der Waals surface area (Å²) in [7, 11) is 0. The van der Waals surface area contributed by atoms with Gasteiger partial charge in [0.05, 0.1) is 23.3 Å². The second-order valence-corrected chi connectivity index (χ2v) is 8.39. The number of nitrogens with one attached hydrogen (secondary N) is 1. The molecule has 4 rings (SSSR count). The number of likely N-dealkylation sites (tertiary alicyclic amines) is 1. The lowest BCUT2D eigenvalue weighted by Gasteiger charge is -2.41. The highest BCUT2D eigenvalue weighted by atomic mass is 16.5. The molecule has 2 fully saturated rings. The van der Waals surface area contributed by atoms with Gasteiger partial charge in [-0.05, 0) is 44.0 Å². The largest absolute Gasteiger partial charge is 0.370 e. The van der Waals surface area contributed by atoms with E-state index in [1.807, 2.05) is 24.3 Å². The van der Waals surface area contributed by atoms with E-state index >= 15 is 0 Å². The minimum atomic E-state index is 0.0534. The van der Waals surface area contributed by atoms with Gasteiger partial charge in [-0.15, -0.1) is 0 Å². The average Bonchev–Trinajstić information content (AvgIpc) is 2.73. The maximum Gasteiger partial charge on any atom is 0.217 e. The van der Waals surface area contributed by atoms with Crippen LogP contribution in [0.3, 0.4) is 0 Å². The van der Waals surface area contributed by atoms with Crippen LogP contribution in [-0.4, -0.2) is 66.8 Å². The van der Waals surface area contributed by atoms with Crippen LogP contribution < -0.4 is 10.2 Å². The van der Waals surface area contributed by atoms with Gasteiger partial charge in [0, 0.05) is 63.0 Å². The maximum atomic E-state index is 11.3. The molecule has 2 saturated heterocycles. The second-order valence-electron chi connectivity index (χ2n) is 8.39. The molecule has 0 unspecified atom stereocenters. The van der Waals surface area contributed by atoms with Gasteiger partial charge in [-0.1, -0.05) is 0 Å². The van der Waals surface area contributed by atoms with Crippen molar-refractivity contribution in [3.8, 4) is 6.07 Å². The number of fused-ring (bicyclic) bond motifs is 1. The highest BCUT2D eigenvalue weighted by molar-refractivity contribution is 5.95. The zero-order chi connectivity index (χ0) is 21.1. The highest BCUT2D eigenvalue weighted by Crippen LogP contribution is 2.30. The number of benzene rings is 1.